The quantitative estimate of drug-likeness (QED) is 0.368. The topological polar surface area (TPSA) is 126 Å². The van der Waals surface area contributed by atoms with Crippen molar-refractivity contribution < 1.29 is 14.6 Å². The van der Waals surface area contributed by atoms with E-state index in [-0.39, 0.29) is 6.61 Å². The second kappa shape index (κ2) is 10.3. The first-order valence-electron chi connectivity index (χ1n) is 9.94. The Hall–Kier alpha value is -3.31. The van der Waals surface area contributed by atoms with Gasteiger partial charge in [0.1, 0.15) is 11.4 Å². The summed E-state index contributed by atoms with van der Waals surface area (Å²) in [6.45, 7) is 5.86. The van der Waals surface area contributed by atoms with E-state index in [9.17, 15) is 4.79 Å². The Morgan fingerprint density at radius 2 is 1.97 bits per heavy atom. The van der Waals surface area contributed by atoms with E-state index in [1.807, 2.05) is 39.2 Å². The van der Waals surface area contributed by atoms with E-state index >= 15 is 0 Å². The maximum absolute atomic E-state index is 12.1. The van der Waals surface area contributed by atoms with Crippen molar-refractivity contribution in [3.8, 4) is 0 Å². The van der Waals surface area contributed by atoms with Crippen LogP contribution < -0.4 is 16.0 Å². The normalized spacial score (nSPS) is 11.2. The van der Waals surface area contributed by atoms with Gasteiger partial charge in [-0.3, -0.25) is 10.00 Å². The van der Waals surface area contributed by atoms with E-state index in [0.717, 1.165) is 10.6 Å². The van der Waals surface area contributed by atoms with Crippen molar-refractivity contribution in [2.24, 2.45) is 0 Å². The number of carbonyl (C=O) groups excluding carboxylic acids is 1. The maximum Gasteiger partial charge on any atom is 0.412 e. The summed E-state index contributed by atoms with van der Waals surface area (Å²) in [5.41, 5.74) is 1.48. The Balaban J connectivity index is 1.74. The molecule has 170 valence electrons. The largest absolute Gasteiger partial charge is 0.444 e. The molecule has 0 saturated heterocycles. The third-order valence-electron chi connectivity index (χ3n) is 3.96. The van der Waals surface area contributed by atoms with E-state index in [2.05, 4.69) is 31.0 Å². The summed E-state index contributed by atoms with van der Waals surface area (Å²) in [5, 5.41) is 22.3. The van der Waals surface area contributed by atoms with Crippen molar-refractivity contribution in [3.63, 3.8) is 0 Å². The highest BCUT2D eigenvalue weighted by molar-refractivity contribution is 7.98. The standard InChI is InChI=1S/C21H27N7O3S/c1-21(2,3)31-20(30)26-15-7-5-6-14(10-15)24-18-17(32-4)12-22-19(27-18)25-16-11-23-28(13-16)8-9-29/h5-7,10-13,29H,8-9H2,1-4H3,(H,26,30)(H2,22,24,25,27). The summed E-state index contributed by atoms with van der Waals surface area (Å²) in [6.07, 6.45) is 6.55. The molecule has 32 heavy (non-hydrogen) atoms. The molecule has 0 aliphatic carbocycles. The van der Waals surface area contributed by atoms with Gasteiger partial charge in [0.15, 0.2) is 0 Å². The molecule has 10 nitrogen and oxygen atoms in total. The predicted octanol–water partition coefficient (Wildman–Crippen LogP) is 4.22. The van der Waals surface area contributed by atoms with Crippen LogP contribution in [0.4, 0.5) is 33.6 Å². The molecule has 0 aliphatic heterocycles. The smallest absolute Gasteiger partial charge is 0.412 e. The van der Waals surface area contributed by atoms with Crippen molar-refractivity contribution in [2.45, 2.75) is 37.8 Å². The van der Waals surface area contributed by atoms with Gasteiger partial charge in [-0.05, 0) is 45.2 Å². The van der Waals surface area contributed by atoms with Crippen LogP contribution in [-0.2, 0) is 11.3 Å². The Bertz CT molecular complexity index is 1070. The molecular formula is C21H27N7O3S. The van der Waals surface area contributed by atoms with E-state index in [0.29, 0.717) is 29.7 Å². The Morgan fingerprint density at radius 3 is 2.69 bits per heavy atom. The molecule has 0 spiro atoms. The van der Waals surface area contributed by atoms with Crippen LogP contribution in [0.2, 0.25) is 0 Å². The number of rotatable bonds is 8. The molecule has 2 aromatic heterocycles. The lowest BCUT2D eigenvalue weighted by molar-refractivity contribution is 0.0636. The molecule has 0 radical (unpaired) electrons. The fourth-order valence-electron chi connectivity index (χ4n) is 2.68. The van der Waals surface area contributed by atoms with Crippen LogP contribution in [0.3, 0.4) is 0 Å². The molecule has 0 bridgehead atoms. The Labute approximate surface area is 190 Å². The maximum atomic E-state index is 12.1. The number of aliphatic hydroxyl groups is 1. The number of thioether (sulfide) groups is 1. The summed E-state index contributed by atoms with van der Waals surface area (Å²) in [6, 6.07) is 7.27. The number of nitrogens with zero attached hydrogens (tertiary/aromatic N) is 4. The summed E-state index contributed by atoms with van der Waals surface area (Å²) in [5.74, 6) is 1.02. The third-order valence-corrected chi connectivity index (χ3v) is 4.70. The predicted molar refractivity (Wildman–Crippen MR) is 126 cm³/mol. The zero-order valence-corrected chi connectivity index (χ0v) is 19.2. The van der Waals surface area contributed by atoms with Crippen LogP contribution >= 0.6 is 11.8 Å². The van der Waals surface area contributed by atoms with Gasteiger partial charge in [0.25, 0.3) is 0 Å². The first-order valence-corrected chi connectivity index (χ1v) is 11.2. The summed E-state index contributed by atoms with van der Waals surface area (Å²) in [4.78, 5) is 21.8. The Morgan fingerprint density at radius 1 is 1.19 bits per heavy atom. The molecule has 1 aromatic carbocycles. The number of benzene rings is 1. The number of amides is 1. The number of aliphatic hydroxyl groups excluding tert-OH is 1. The molecule has 0 aliphatic rings. The number of carbonyl (C=O) groups is 1. The monoisotopic (exact) mass is 457 g/mol. The minimum absolute atomic E-state index is 0.00988. The SMILES string of the molecule is CSc1cnc(Nc2cnn(CCO)c2)nc1Nc1cccc(NC(=O)OC(C)(C)C)c1. The summed E-state index contributed by atoms with van der Waals surface area (Å²) in [7, 11) is 0. The summed E-state index contributed by atoms with van der Waals surface area (Å²) < 4.78 is 6.93. The highest BCUT2D eigenvalue weighted by atomic mass is 32.2. The van der Waals surface area contributed by atoms with Gasteiger partial charge in [-0.2, -0.15) is 10.1 Å². The fourth-order valence-corrected chi connectivity index (χ4v) is 3.13. The average molecular weight is 458 g/mol. The molecule has 0 unspecified atom stereocenters. The lowest BCUT2D eigenvalue weighted by Crippen LogP contribution is -2.27. The van der Waals surface area contributed by atoms with Gasteiger partial charge >= 0.3 is 6.09 Å². The summed E-state index contributed by atoms with van der Waals surface area (Å²) >= 11 is 1.51. The fraction of sp³-hybridized carbons (Fsp3) is 0.333. The van der Waals surface area contributed by atoms with Crippen LogP contribution in [0.1, 0.15) is 20.8 Å². The molecule has 3 rings (SSSR count). The molecule has 11 heteroatoms. The first kappa shape index (κ1) is 23.4. The number of aromatic nitrogens is 4. The van der Waals surface area contributed by atoms with E-state index < -0.39 is 11.7 Å². The average Bonchev–Trinajstić information content (AvgIpc) is 3.14. The van der Waals surface area contributed by atoms with Gasteiger partial charge in [-0.15, -0.1) is 11.8 Å². The lowest BCUT2D eigenvalue weighted by Gasteiger charge is -2.20. The van der Waals surface area contributed by atoms with Gasteiger partial charge in [0.2, 0.25) is 5.95 Å². The van der Waals surface area contributed by atoms with Gasteiger partial charge < -0.3 is 20.5 Å². The van der Waals surface area contributed by atoms with Gasteiger partial charge in [0.05, 0.1) is 29.9 Å². The molecule has 2 heterocycles. The minimum atomic E-state index is -0.577. The van der Waals surface area contributed by atoms with Crippen molar-refractivity contribution in [2.75, 3.05) is 28.8 Å². The van der Waals surface area contributed by atoms with Crippen LogP contribution in [0, 0.1) is 0 Å². The number of ether oxygens (including phenoxy) is 1. The van der Waals surface area contributed by atoms with Gasteiger partial charge in [0, 0.05) is 23.8 Å². The van der Waals surface area contributed by atoms with Crippen molar-refractivity contribution in [3.05, 3.63) is 42.9 Å². The highest BCUT2D eigenvalue weighted by Crippen LogP contribution is 2.28. The molecular weight excluding hydrogens is 430 g/mol. The molecule has 0 atom stereocenters. The number of hydrogen-bond donors (Lipinski definition) is 4. The van der Waals surface area contributed by atoms with Gasteiger partial charge in [-0.25, -0.2) is 9.78 Å². The van der Waals surface area contributed by atoms with Crippen molar-refractivity contribution >= 4 is 46.7 Å². The number of nitrogens with one attached hydrogen (secondary N) is 3. The second-order valence-electron chi connectivity index (χ2n) is 7.78. The zero-order chi connectivity index (χ0) is 23.1. The molecule has 3 aromatic rings. The van der Waals surface area contributed by atoms with Crippen molar-refractivity contribution in [1.82, 2.24) is 19.7 Å². The van der Waals surface area contributed by atoms with E-state index in [4.69, 9.17) is 9.84 Å². The van der Waals surface area contributed by atoms with Crippen molar-refractivity contribution in [1.29, 1.82) is 0 Å². The number of hydrogen-bond acceptors (Lipinski definition) is 9. The number of anilines is 5. The van der Waals surface area contributed by atoms with E-state index in [1.165, 1.54) is 11.8 Å². The van der Waals surface area contributed by atoms with Crippen LogP contribution in [0.5, 0.6) is 0 Å². The van der Waals surface area contributed by atoms with Crippen LogP contribution in [0.25, 0.3) is 0 Å². The molecule has 0 fully saturated rings. The lowest BCUT2D eigenvalue weighted by atomic mass is 10.2. The van der Waals surface area contributed by atoms with Gasteiger partial charge in [-0.1, -0.05) is 6.07 Å². The molecule has 1 amide bonds. The minimum Gasteiger partial charge on any atom is -0.444 e. The molecule has 4 N–H and O–H groups in total. The first-order chi connectivity index (χ1) is 15.3. The van der Waals surface area contributed by atoms with E-state index in [1.54, 1.807) is 35.4 Å². The highest BCUT2D eigenvalue weighted by Gasteiger charge is 2.16. The van der Waals surface area contributed by atoms with Crippen LogP contribution in [-0.4, -0.2) is 49.4 Å². The second-order valence-corrected chi connectivity index (χ2v) is 8.63. The van der Waals surface area contributed by atoms with Crippen LogP contribution in [0.15, 0.2) is 47.8 Å². The molecule has 0 saturated carbocycles. The zero-order valence-electron chi connectivity index (χ0n) is 18.4. The Kier molecular flexibility index (Phi) is 7.54. The third kappa shape index (κ3) is 6.86.